The standard InChI is InChI=1S/C15H30N4O3/c16-13(4-1-7-20)10-19(11-14(17)5-2-8-21)12-15(18)6-3-9-22/h7-9,13-15H,1-6,10-12,16-18H2. The van der Waals surface area contributed by atoms with Crippen molar-refractivity contribution in [2.75, 3.05) is 19.6 Å². The zero-order chi connectivity index (χ0) is 16.8. The lowest BCUT2D eigenvalue weighted by Gasteiger charge is -2.30. The molecule has 0 saturated carbocycles. The van der Waals surface area contributed by atoms with E-state index in [-0.39, 0.29) is 18.1 Å². The molecule has 128 valence electrons. The summed E-state index contributed by atoms with van der Waals surface area (Å²) in [6.07, 6.45) is 5.73. The summed E-state index contributed by atoms with van der Waals surface area (Å²) in [6.45, 7) is 1.78. The van der Waals surface area contributed by atoms with Crippen molar-refractivity contribution < 1.29 is 14.4 Å². The molecule has 3 unspecified atom stereocenters. The topological polar surface area (TPSA) is 133 Å². The quantitative estimate of drug-likeness (QED) is 0.337. The largest absolute Gasteiger partial charge is 0.327 e. The van der Waals surface area contributed by atoms with Crippen LogP contribution in [0.4, 0.5) is 0 Å². The summed E-state index contributed by atoms with van der Waals surface area (Å²) >= 11 is 0. The highest BCUT2D eigenvalue weighted by molar-refractivity contribution is 5.49. The Balaban J connectivity index is 4.42. The SMILES string of the molecule is NC(CCC=O)CN(CC(N)CCC=O)CC(N)CCC=O. The minimum Gasteiger partial charge on any atom is -0.327 e. The molecule has 0 aliphatic heterocycles. The third-order valence-corrected chi connectivity index (χ3v) is 3.44. The van der Waals surface area contributed by atoms with E-state index in [4.69, 9.17) is 17.2 Å². The second kappa shape index (κ2) is 13.5. The zero-order valence-corrected chi connectivity index (χ0v) is 13.2. The van der Waals surface area contributed by atoms with Crippen LogP contribution >= 0.6 is 0 Å². The van der Waals surface area contributed by atoms with E-state index in [9.17, 15) is 14.4 Å². The highest BCUT2D eigenvalue weighted by Crippen LogP contribution is 2.04. The van der Waals surface area contributed by atoms with E-state index < -0.39 is 0 Å². The van der Waals surface area contributed by atoms with Gasteiger partial charge < -0.3 is 31.6 Å². The predicted octanol–water partition coefficient (Wildman–Crippen LogP) is -0.792. The van der Waals surface area contributed by atoms with Crippen molar-refractivity contribution in [3.8, 4) is 0 Å². The van der Waals surface area contributed by atoms with Crippen molar-refractivity contribution in [2.45, 2.75) is 56.7 Å². The lowest BCUT2D eigenvalue weighted by atomic mass is 10.1. The summed E-state index contributed by atoms with van der Waals surface area (Å²) in [5, 5.41) is 0. The average molecular weight is 314 g/mol. The summed E-state index contributed by atoms with van der Waals surface area (Å²) in [7, 11) is 0. The highest BCUT2D eigenvalue weighted by Gasteiger charge is 2.17. The zero-order valence-electron chi connectivity index (χ0n) is 13.2. The number of hydrogen-bond acceptors (Lipinski definition) is 7. The molecule has 7 nitrogen and oxygen atoms in total. The molecular weight excluding hydrogens is 284 g/mol. The van der Waals surface area contributed by atoms with Gasteiger partial charge in [-0.1, -0.05) is 0 Å². The van der Waals surface area contributed by atoms with Crippen molar-refractivity contribution >= 4 is 18.9 Å². The number of carbonyl (C=O) groups excluding carboxylic acids is 3. The van der Waals surface area contributed by atoms with Crippen molar-refractivity contribution in [3.63, 3.8) is 0 Å². The molecule has 0 aromatic heterocycles. The Kier molecular flexibility index (Phi) is 12.8. The summed E-state index contributed by atoms with van der Waals surface area (Å²) in [6, 6.07) is -0.370. The molecule has 0 bridgehead atoms. The molecule has 0 aromatic carbocycles. The molecule has 0 spiro atoms. The van der Waals surface area contributed by atoms with E-state index in [0.717, 1.165) is 18.9 Å². The lowest BCUT2D eigenvalue weighted by Crippen LogP contribution is -2.48. The number of nitrogens with zero attached hydrogens (tertiary/aromatic N) is 1. The van der Waals surface area contributed by atoms with Gasteiger partial charge in [0.25, 0.3) is 0 Å². The van der Waals surface area contributed by atoms with Crippen LogP contribution in [0.15, 0.2) is 0 Å². The van der Waals surface area contributed by atoms with E-state index in [1.54, 1.807) is 0 Å². The minimum absolute atomic E-state index is 0.123. The Morgan fingerprint density at radius 1 is 0.636 bits per heavy atom. The maximum Gasteiger partial charge on any atom is 0.120 e. The fourth-order valence-electron chi connectivity index (χ4n) is 2.34. The van der Waals surface area contributed by atoms with E-state index in [2.05, 4.69) is 4.90 Å². The van der Waals surface area contributed by atoms with Crippen LogP contribution in [0, 0.1) is 0 Å². The Morgan fingerprint density at radius 3 is 1.14 bits per heavy atom. The molecule has 22 heavy (non-hydrogen) atoms. The van der Waals surface area contributed by atoms with Crippen molar-refractivity contribution in [2.24, 2.45) is 17.2 Å². The fourth-order valence-corrected chi connectivity index (χ4v) is 2.34. The third-order valence-electron chi connectivity index (χ3n) is 3.44. The lowest BCUT2D eigenvalue weighted by molar-refractivity contribution is -0.108. The molecule has 7 heteroatoms. The van der Waals surface area contributed by atoms with E-state index in [0.29, 0.717) is 58.2 Å². The minimum atomic E-state index is -0.123. The van der Waals surface area contributed by atoms with Gasteiger partial charge in [-0.2, -0.15) is 0 Å². The third kappa shape index (κ3) is 11.5. The van der Waals surface area contributed by atoms with Gasteiger partial charge in [-0.3, -0.25) is 4.90 Å². The maximum absolute atomic E-state index is 10.4. The van der Waals surface area contributed by atoms with Gasteiger partial charge >= 0.3 is 0 Å². The van der Waals surface area contributed by atoms with Crippen LogP contribution in [0.25, 0.3) is 0 Å². The van der Waals surface area contributed by atoms with Gasteiger partial charge in [0.2, 0.25) is 0 Å². The van der Waals surface area contributed by atoms with E-state index in [1.165, 1.54) is 0 Å². The highest BCUT2D eigenvalue weighted by atomic mass is 16.1. The molecule has 0 aliphatic rings. The summed E-state index contributed by atoms with van der Waals surface area (Å²) < 4.78 is 0. The Hall–Kier alpha value is -1.15. The molecule has 0 fully saturated rings. The number of hydrogen-bond donors (Lipinski definition) is 3. The number of carbonyl (C=O) groups is 3. The molecule has 0 amide bonds. The number of rotatable bonds is 15. The first-order valence-corrected chi connectivity index (χ1v) is 7.83. The van der Waals surface area contributed by atoms with Crippen LogP contribution in [-0.4, -0.2) is 61.5 Å². The predicted molar refractivity (Wildman–Crippen MR) is 86.3 cm³/mol. The Labute approximate surface area is 132 Å². The second-order valence-electron chi connectivity index (χ2n) is 5.73. The molecule has 0 aliphatic carbocycles. The molecule has 0 aromatic rings. The van der Waals surface area contributed by atoms with E-state index in [1.807, 2.05) is 0 Å². The first kappa shape index (κ1) is 20.9. The van der Waals surface area contributed by atoms with Crippen LogP contribution in [0.2, 0.25) is 0 Å². The fraction of sp³-hybridized carbons (Fsp3) is 0.800. The van der Waals surface area contributed by atoms with Crippen LogP contribution in [0.1, 0.15) is 38.5 Å². The second-order valence-corrected chi connectivity index (χ2v) is 5.73. The van der Waals surface area contributed by atoms with Crippen molar-refractivity contribution in [1.82, 2.24) is 4.90 Å². The van der Waals surface area contributed by atoms with E-state index >= 15 is 0 Å². The molecule has 0 heterocycles. The van der Waals surface area contributed by atoms with Gasteiger partial charge in [-0.25, -0.2) is 0 Å². The van der Waals surface area contributed by atoms with Gasteiger partial charge in [0.1, 0.15) is 18.9 Å². The monoisotopic (exact) mass is 314 g/mol. The maximum atomic E-state index is 10.4. The number of aldehydes is 3. The Morgan fingerprint density at radius 2 is 0.909 bits per heavy atom. The first-order valence-electron chi connectivity index (χ1n) is 7.83. The van der Waals surface area contributed by atoms with Crippen LogP contribution in [0.5, 0.6) is 0 Å². The molecule has 0 radical (unpaired) electrons. The molecule has 3 atom stereocenters. The van der Waals surface area contributed by atoms with Crippen molar-refractivity contribution in [3.05, 3.63) is 0 Å². The van der Waals surface area contributed by atoms with Gasteiger partial charge in [0.05, 0.1) is 0 Å². The van der Waals surface area contributed by atoms with Gasteiger partial charge in [-0.05, 0) is 19.3 Å². The van der Waals surface area contributed by atoms with Gasteiger partial charge in [-0.15, -0.1) is 0 Å². The van der Waals surface area contributed by atoms with Crippen LogP contribution in [0.3, 0.4) is 0 Å². The smallest absolute Gasteiger partial charge is 0.120 e. The number of nitrogens with two attached hydrogens (primary N) is 3. The Bertz CT molecular complexity index is 268. The van der Waals surface area contributed by atoms with Crippen LogP contribution < -0.4 is 17.2 Å². The summed E-state index contributed by atoms with van der Waals surface area (Å²) in [5.74, 6) is 0. The average Bonchev–Trinajstić information content (AvgIpc) is 2.48. The summed E-state index contributed by atoms with van der Waals surface area (Å²) in [5.41, 5.74) is 18.1. The molecule has 0 saturated heterocycles. The summed E-state index contributed by atoms with van der Waals surface area (Å²) in [4.78, 5) is 33.3. The normalized spacial score (nSPS) is 15.3. The molecular formula is C15H30N4O3. The molecule has 0 rings (SSSR count). The van der Waals surface area contributed by atoms with Gasteiger partial charge in [0, 0.05) is 57.0 Å². The molecule has 6 N–H and O–H groups in total. The first-order chi connectivity index (χ1) is 10.5. The van der Waals surface area contributed by atoms with Gasteiger partial charge in [0.15, 0.2) is 0 Å². The van der Waals surface area contributed by atoms with Crippen molar-refractivity contribution in [1.29, 1.82) is 0 Å². The van der Waals surface area contributed by atoms with Crippen LogP contribution in [-0.2, 0) is 14.4 Å².